The average Bonchev–Trinajstić information content (AvgIpc) is 2.34. The lowest BCUT2D eigenvalue weighted by atomic mass is 9.79. The van der Waals surface area contributed by atoms with Gasteiger partial charge in [0.2, 0.25) is 0 Å². The summed E-state index contributed by atoms with van der Waals surface area (Å²) >= 11 is 0. The van der Waals surface area contributed by atoms with Gasteiger partial charge in [0.15, 0.2) is 0 Å². The summed E-state index contributed by atoms with van der Waals surface area (Å²) in [5.74, 6) is 0.774. The zero-order chi connectivity index (χ0) is 14.0. The van der Waals surface area contributed by atoms with E-state index in [9.17, 15) is 0 Å². The van der Waals surface area contributed by atoms with Crippen LogP contribution < -0.4 is 5.32 Å². The van der Waals surface area contributed by atoms with Crippen molar-refractivity contribution < 1.29 is 0 Å². The van der Waals surface area contributed by atoms with Crippen LogP contribution in [-0.2, 0) is 0 Å². The van der Waals surface area contributed by atoms with Crippen molar-refractivity contribution in [3.63, 3.8) is 0 Å². The lowest BCUT2D eigenvalue weighted by Gasteiger charge is -2.35. The first-order valence-corrected chi connectivity index (χ1v) is 7.53. The number of hydrogen-bond acceptors (Lipinski definition) is 1. The second-order valence-corrected chi connectivity index (χ2v) is 5.68. The molecule has 106 valence electrons. The van der Waals surface area contributed by atoms with E-state index in [0.717, 1.165) is 12.3 Å². The molecule has 0 heterocycles. The van der Waals surface area contributed by atoms with Gasteiger partial charge in [0.1, 0.15) is 0 Å². The van der Waals surface area contributed by atoms with E-state index in [-0.39, 0.29) is 5.54 Å². The van der Waals surface area contributed by atoms with Crippen molar-refractivity contribution in [1.82, 2.24) is 5.32 Å². The highest BCUT2D eigenvalue weighted by atomic mass is 14.9. The second kappa shape index (κ2) is 9.38. The van der Waals surface area contributed by atoms with Gasteiger partial charge in [-0.3, -0.25) is 0 Å². The molecule has 1 heteroatoms. The summed E-state index contributed by atoms with van der Waals surface area (Å²) in [5, 5.41) is 3.56. The molecule has 0 aromatic heterocycles. The quantitative estimate of drug-likeness (QED) is 0.533. The SMILES string of the molecule is C=CC/C=C(/CCC)C(C)(CC(C)CCC)NC. The van der Waals surface area contributed by atoms with Gasteiger partial charge < -0.3 is 5.32 Å². The van der Waals surface area contributed by atoms with Crippen LogP contribution in [-0.4, -0.2) is 12.6 Å². The summed E-state index contributed by atoms with van der Waals surface area (Å²) in [6.07, 6.45) is 11.5. The van der Waals surface area contributed by atoms with Crippen molar-refractivity contribution in [2.75, 3.05) is 7.05 Å². The molecule has 0 radical (unpaired) electrons. The molecule has 0 saturated heterocycles. The van der Waals surface area contributed by atoms with Crippen molar-refractivity contribution in [1.29, 1.82) is 0 Å². The number of hydrogen-bond donors (Lipinski definition) is 1. The molecule has 0 aliphatic rings. The Bertz CT molecular complexity index is 254. The van der Waals surface area contributed by atoms with Gasteiger partial charge in [0.25, 0.3) is 0 Å². The maximum Gasteiger partial charge on any atom is 0.0365 e. The largest absolute Gasteiger partial charge is 0.311 e. The van der Waals surface area contributed by atoms with Crippen LogP contribution in [0.4, 0.5) is 0 Å². The minimum atomic E-state index is 0.146. The summed E-state index contributed by atoms with van der Waals surface area (Å²) in [6, 6.07) is 0. The number of rotatable bonds is 10. The minimum absolute atomic E-state index is 0.146. The van der Waals surface area contributed by atoms with Crippen molar-refractivity contribution in [3.8, 4) is 0 Å². The molecule has 2 unspecified atom stereocenters. The predicted molar refractivity (Wildman–Crippen MR) is 84.0 cm³/mol. The van der Waals surface area contributed by atoms with Crippen LogP contribution in [0.3, 0.4) is 0 Å². The Morgan fingerprint density at radius 2 is 2.00 bits per heavy atom. The molecule has 0 rings (SSSR count). The molecule has 0 bridgehead atoms. The number of nitrogens with one attached hydrogen (secondary N) is 1. The maximum atomic E-state index is 3.83. The summed E-state index contributed by atoms with van der Waals surface area (Å²) in [7, 11) is 2.09. The van der Waals surface area contributed by atoms with Crippen LogP contribution in [0.15, 0.2) is 24.3 Å². The first-order valence-electron chi connectivity index (χ1n) is 7.53. The molecule has 0 aliphatic heterocycles. The Morgan fingerprint density at radius 3 is 2.44 bits per heavy atom. The molecular weight excluding hydrogens is 218 g/mol. The lowest BCUT2D eigenvalue weighted by Crippen LogP contribution is -2.43. The molecule has 0 aromatic carbocycles. The highest BCUT2D eigenvalue weighted by Gasteiger charge is 2.27. The average molecular weight is 251 g/mol. The minimum Gasteiger partial charge on any atom is -0.311 e. The number of likely N-dealkylation sites (N-methyl/N-ethyl adjacent to an activating group) is 1. The van der Waals surface area contributed by atoms with E-state index in [4.69, 9.17) is 0 Å². The highest BCUT2D eigenvalue weighted by Crippen LogP contribution is 2.30. The lowest BCUT2D eigenvalue weighted by molar-refractivity contribution is 0.325. The van der Waals surface area contributed by atoms with Crippen molar-refractivity contribution in [2.45, 2.75) is 71.8 Å². The van der Waals surface area contributed by atoms with Gasteiger partial charge in [-0.2, -0.15) is 0 Å². The van der Waals surface area contributed by atoms with E-state index >= 15 is 0 Å². The van der Waals surface area contributed by atoms with E-state index in [2.05, 4.69) is 52.7 Å². The molecule has 0 amide bonds. The molecular formula is C17H33N. The van der Waals surface area contributed by atoms with Gasteiger partial charge in [-0.25, -0.2) is 0 Å². The standard InChI is InChI=1S/C17H33N/c1-7-10-13-16(12-9-3)17(5,18-6)14-15(4)11-8-2/h7,13,15,18H,1,8-12,14H2,2-6H3/b16-13-. The molecule has 1 nitrogen and oxygen atoms in total. The normalized spacial score (nSPS) is 17.3. The third-order valence-corrected chi connectivity index (χ3v) is 3.85. The fraction of sp³-hybridized carbons (Fsp3) is 0.765. The van der Waals surface area contributed by atoms with Crippen molar-refractivity contribution >= 4 is 0 Å². The van der Waals surface area contributed by atoms with E-state index in [1.165, 1.54) is 32.1 Å². The van der Waals surface area contributed by atoms with E-state index in [0.29, 0.717) is 0 Å². The molecule has 0 aromatic rings. The van der Waals surface area contributed by atoms with Crippen LogP contribution in [0.1, 0.15) is 66.2 Å². The third kappa shape index (κ3) is 5.86. The molecule has 1 N–H and O–H groups in total. The summed E-state index contributed by atoms with van der Waals surface area (Å²) in [6.45, 7) is 13.1. The summed E-state index contributed by atoms with van der Waals surface area (Å²) in [5.41, 5.74) is 1.70. The van der Waals surface area contributed by atoms with E-state index < -0.39 is 0 Å². The van der Waals surface area contributed by atoms with Crippen molar-refractivity contribution in [2.24, 2.45) is 5.92 Å². The van der Waals surface area contributed by atoms with E-state index in [1.807, 2.05) is 6.08 Å². The Hall–Kier alpha value is -0.560. The molecule has 0 spiro atoms. The molecule has 18 heavy (non-hydrogen) atoms. The van der Waals surface area contributed by atoms with Gasteiger partial charge in [-0.15, -0.1) is 6.58 Å². The second-order valence-electron chi connectivity index (χ2n) is 5.68. The van der Waals surface area contributed by atoms with Gasteiger partial charge in [0.05, 0.1) is 0 Å². The zero-order valence-corrected chi connectivity index (χ0v) is 13.2. The van der Waals surface area contributed by atoms with Gasteiger partial charge in [-0.1, -0.05) is 57.8 Å². The molecule has 2 atom stereocenters. The Morgan fingerprint density at radius 1 is 1.33 bits per heavy atom. The Kier molecular flexibility index (Phi) is 9.09. The van der Waals surface area contributed by atoms with Gasteiger partial charge >= 0.3 is 0 Å². The third-order valence-electron chi connectivity index (χ3n) is 3.85. The number of allylic oxidation sites excluding steroid dienone is 2. The molecule has 0 fully saturated rings. The van der Waals surface area contributed by atoms with Gasteiger partial charge in [-0.05, 0) is 39.2 Å². The maximum absolute atomic E-state index is 3.83. The first kappa shape index (κ1) is 17.4. The predicted octanol–water partition coefficient (Wildman–Crippen LogP) is 5.09. The zero-order valence-electron chi connectivity index (χ0n) is 13.2. The first-order chi connectivity index (χ1) is 8.53. The van der Waals surface area contributed by atoms with Crippen LogP contribution in [0, 0.1) is 5.92 Å². The van der Waals surface area contributed by atoms with E-state index in [1.54, 1.807) is 5.57 Å². The van der Waals surface area contributed by atoms with Crippen molar-refractivity contribution in [3.05, 3.63) is 24.3 Å². The van der Waals surface area contributed by atoms with Gasteiger partial charge in [0, 0.05) is 5.54 Å². The Balaban J connectivity index is 4.87. The highest BCUT2D eigenvalue weighted by molar-refractivity contribution is 5.20. The fourth-order valence-electron chi connectivity index (χ4n) is 2.78. The van der Waals surface area contributed by atoms with Crippen LogP contribution in [0.2, 0.25) is 0 Å². The monoisotopic (exact) mass is 251 g/mol. The summed E-state index contributed by atoms with van der Waals surface area (Å²) < 4.78 is 0. The Labute approximate surface area is 115 Å². The van der Waals surface area contributed by atoms with Crippen LogP contribution in [0.25, 0.3) is 0 Å². The van der Waals surface area contributed by atoms with Crippen LogP contribution >= 0.6 is 0 Å². The topological polar surface area (TPSA) is 12.0 Å². The fourth-order valence-corrected chi connectivity index (χ4v) is 2.78. The smallest absolute Gasteiger partial charge is 0.0365 e. The molecule has 0 aliphatic carbocycles. The van der Waals surface area contributed by atoms with Crippen LogP contribution in [0.5, 0.6) is 0 Å². The molecule has 0 saturated carbocycles. The summed E-state index contributed by atoms with van der Waals surface area (Å²) in [4.78, 5) is 0.